The molecule has 0 saturated heterocycles. The van der Waals surface area contributed by atoms with E-state index in [1.807, 2.05) is 42.5 Å². The van der Waals surface area contributed by atoms with Gasteiger partial charge >= 0.3 is 5.97 Å². The summed E-state index contributed by atoms with van der Waals surface area (Å²) in [6.45, 7) is 1.36. The molecule has 18 heavy (non-hydrogen) atoms. The van der Waals surface area contributed by atoms with Crippen molar-refractivity contribution >= 4 is 22.5 Å². The molecule has 0 bridgehead atoms. The Bertz CT molecular complexity index is 605. The molecule has 2 rings (SSSR count). The van der Waals surface area contributed by atoms with Crippen LogP contribution in [-0.4, -0.2) is 23.4 Å². The topological polar surface area (TPSA) is 58.9 Å². The van der Waals surface area contributed by atoms with Crippen LogP contribution in [0.3, 0.4) is 0 Å². The highest BCUT2D eigenvalue weighted by Gasteiger charge is 2.01. The molecule has 0 radical (unpaired) electrons. The summed E-state index contributed by atoms with van der Waals surface area (Å²) in [5.41, 5.74) is 1.57. The van der Waals surface area contributed by atoms with Crippen LogP contribution in [0.4, 0.5) is 0 Å². The number of carboxylic acids is 1. The van der Waals surface area contributed by atoms with Crippen LogP contribution in [0.5, 0.6) is 0 Å². The van der Waals surface area contributed by atoms with E-state index in [1.165, 1.54) is 0 Å². The van der Waals surface area contributed by atoms with Gasteiger partial charge in [-0.2, -0.15) is 0 Å². The second-order valence-electron chi connectivity index (χ2n) is 3.91. The number of carbonyl (C=O) groups is 1. The maximum absolute atomic E-state index is 10.3. The summed E-state index contributed by atoms with van der Waals surface area (Å²) >= 11 is 0. The minimum atomic E-state index is -1.04. The summed E-state index contributed by atoms with van der Waals surface area (Å²) in [4.78, 5) is 15.0. The number of rotatable bonds is 4. The van der Waals surface area contributed by atoms with Gasteiger partial charge in [0, 0.05) is 0 Å². The molecule has 1 N–H and O–H groups in total. The predicted molar refractivity (Wildman–Crippen MR) is 69.7 cm³/mol. The Kier molecular flexibility index (Phi) is 3.57. The van der Waals surface area contributed by atoms with Gasteiger partial charge in [-0.3, -0.25) is 0 Å². The highest BCUT2D eigenvalue weighted by molar-refractivity contribution is 6.01. The van der Waals surface area contributed by atoms with Gasteiger partial charge in [0.2, 0.25) is 6.61 Å². The van der Waals surface area contributed by atoms with Crippen molar-refractivity contribution in [2.75, 3.05) is 6.61 Å². The maximum atomic E-state index is 10.3. The standard InChI is InChI=1S/C14H13NO3/c1-10(15-18-9-14(16)17)12-7-6-11-4-2-3-5-13(11)8-12/h2-8H,9H2,1H3,(H,16,17). The van der Waals surface area contributed by atoms with E-state index in [0.717, 1.165) is 16.3 Å². The summed E-state index contributed by atoms with van der Waals surface area (Å²) in [5, 5.41) is 14.5. The number of hydrogen-bond donors (Lipinski definition) is 1. The van der Waals surface area contributed by atoms with E-state index >= 15 is 0 Å². The smallest absolute Gasteiger partial charge is 0.344 e. The zero-order valence-corrected chi connectivity index (χ0v) is 9.96. The molecule has 4 nitrogen and oxygen atoms in total. The molecule has 92 valence electrons. The Labute approximate surface area is 104 Å². The lowest BCUT2D eigenvalue weighted by Crippen LogP contribution is -2.05. The Hall–Kier alpha value is -2.36. The zero-order chi connectivity index (χ0) is 13.0. The summed E-state index contributed by atoms with van der Waals surface area (Å²) in [7, 11) is 0. The van der Waals surface area contributed by atoms with Crippen molar-refractivity contribution in [1.82, 2.24) is 0 Å². The Morgan fingerprint density at radius 3 is 2.67 bits per heavy atom. The van der Waals surface area contributed by atoms with Gasteiger partial charge < -0.3 is 9.94 Å². The number of carboxylic acid groups (broad SMARTS) is 1. The summed E-state index contributed by atoms with van der Waals surface area (Å²) < 4.78 is 0. The molecule has 0 fully saturated rings. The van der Waals surface area contributed by atoms with E-state index in [9.17, 15) is 4.79 Å². The lowest BCUT2D eigenvalue weighted by Gasteiger charge is -2.03. The monoisotopic (exact) mass is 243 g/mol. The van der Waals surface area contributed by atoms with Crippen LogP contribution in [0.25, 0.3) is 10.8 Å². The predicted octanol–water partition coefficient (Wildman–Crippen LogP) is 2.67. The molecular weight excluding hydrogens is 230 g/mol. The molecule has 2 aromatic carbocycles. The van der Waals surface area contributed by atoms with Crippen molar-refractivity contribution in [2.24, 2.45) is 5.16 Å². The molecule has 0 aliphatic rings. The van der Waals surface area contributed by atoms with Crippen LogP contribution >= 0.6 is 0 Å². The highest BCUT2D eigenvalue weighted by atomic mass is 16.6. The zero-order valence-electron chi connectivity index (χ0n) is 9.96. The molecule has 0 aliphatic carbocycles. The Balaban J connectivity index is 2.22. The Morgan fingerprint density at radius 2 is 1.94 bits per heavy atom. The third-order valence-corrected chi connectivity index (χ3v) is 2.56. The van der Waals surface area contributed by atoms with Crippen molar-refractivity contribution in [1.29, 1.82) is 0 Å². The molecule has 0 atom stereocenters. The number of benzene rings is 2. The molecule has 0 saturated carbocycles. The largest absolute Gasteiger partial charge is 0.479 e. The minimum absolute atomic E-state index is 0.426. The van der Waals surface area contributed by atoms with Gasteiger partial charge in [-0.25, -0.2) is 4.79 Å². The van der Waals surface area contributed by atoms with Gasteiger partial charge in [-0.05, 0) is 29.3 Å². The number of hydrogen-bond acceptors (Lipinski definition) is 3. The van der Waals surface area contributed by atoms with Gasteiger partial charge in [-0.1, -0.05) is 41.6 Å². The first-order valence-electron chi connectivity index (χ1n) is 5.54. The average molecular weight is 243 g/mol. The third-order valence-electron chi connectivity index (χ3n) is 2.56. The van der Waals surface area contributed by atoms with Crippen molar-refractivity contribution in [3.05, 3.63) is 48.0 Å². The van der Waals surface area contributed by atoms with E-state index in [0.29, 0.717) is 5.71 Å². The van der Waals surface area contributed by atoms with E-state index in [1.54, 1.807) is 6.92 Å². The summed E-state index contributed by atoms with van der Waals surface area (Å²) in [6, 6.07) is 13.9. The van der Waals surface area contributed by atoms with Crippen molar-refractivity contribution in [3.8, 4) is 0 Å². The van der Waals surface area contributed by atoms with Crippen molar-refractivity contribution in [3.63, 3.8) is 0 Å². The molecule has 0 spiro atoms. The fraction of sp³-hybridized carbons (Fsp3) is 0.143. The fourth-order valence-corrected chi connectivity index (χ4v) is 1.65. The Morgan fingerprint density at radius 1 is 1.22 bits per heavy atom. The van der Waals surface area contributed by atoms with Gasteiger partial charge in [0.1, 0.15) is 0 Å². The quantitative estimate of drug-likeness (QED) is 0.663. The fourth-order valence-electron chi connectivity index (χ4n) is 1.65. The summed E-state index contributed by atoms with van der Waals surface area (Å²) in [5.74, 6) is -1.04. The van der Waals surface area contributed by atoms with Gasteiger partial charge in [-0.15, -0.1) is 0 Å². The van der Waals surface area contributed by atoms with Crippen LogP contribution in [0.1, 0.15) is 12.5 Å². The van der Waals surface area contributed by atoms with Crippen LogP contribution < -0.4 is 0 Å². The number of aliphatic carboxylic acids is 1. The number of fused-ring (bicyclic) bond motifs is 1. The lowest BCUT2D eigenvalue weighted by molar-refractivity contribution is -0.142. The molecule has 0 aliphatic heterocycles. The SMILES string of the molecule is CC(=NOCC(=O)O)c1ccc2ccccc2c1. The first-order valence-corrected chi connectivity index (χ1v) is 5.54. The van der Waals surface area contributed by atoms with E-state index in [4.69, 9.17) is 9.94 Å². The van der Waals surface area contributed by atoms with Crippen molar-refractivity contribution < 1.29 is 14.7 Å². The molecule has 0 amide bonds. The van der Waals surface area contributed by atoms with E-state index in [2.05, 4.69) is 5.16 Å². The van der Waals surface area contributed by atoms with E-state index in [-0.39, 0.29) is 0 Å². The second kappa shape index (κ2) is 5.31. The number of oxime groups is 1. The van der Waals surface area contributed by atoms with E-state index < -0.39 is 12.6 Å². The highest BCUT2D eigenvalue weighted by Crippen LogP contribution is 2.16. The molecule has 4 heteroatoms. The molecule has 0 aromatic heterocycles. The van der Waals surface area contributed by atoms with Crippen LogP contribution in [0.2, 0.25) is 0 Å². The average Bonchev–Trinajstić information content (AvgIpc) is 2.37. The van der Waals surface area contributed by atoms with Crippen LogP contribution in [0, 0.1) is 0 Å². The van der Waals surface area contributed by atoms with Gasteiger partial charge in [0.15, 0.2) is 0 Å². The van der Waals surface area contributed by atoms with Gasteiger partial charge in [0.25, 0.3) is 0 Å². The first-order chi connectivity index (χ1) is 8.66. The maximum Gasteiger partial charge on any atom is 0.344 e. The number of nitrogens with zero attached hydrogens (tertiary/aromatic N) is 1. The second-order valence-corrected chi connectivity index (χ2v) is 3.91. The summed E-state index contributed by atoms with van der Waals surface area (Å²) in [6.07, 6.45) is 0. The normalized spacial score (nSPS) is 11.5. The first kappa shape index (κ1) is 12.1. The molecule has 0 unspecified atom stereocenters. The molecule has 2 aromatic rings. The minimum Gasteiger partial charge on any atom is -0.479 e. The van der Waals surface area contributed by atoms with Crippen LogP contribution in [0.15, 0.2) is 47.6 Å². The van der Waals surface area contributed by atoms with Crippen molar-refractivity contribution in [2.45, 2.75) is 6.92 Å². The molecule has 0 heterocycles. The third kappa shape index (κ3) is 2.85. The molecular formula is C14H13NO3. The van der Waals surface area contributed by atoms with Crippen LogP contribution in [-0.2, 0) is 9.63 Å². The lowest BCUT2D eigenvalue weighted by atomic mass is 10.0. The van der Waals surface area contributed by atoms with Gasteiger partial charge in [0.05, 0.1) is 5.71 Å².